The number of nitrogens with one attached hydrogen (secondary N) is 1. The average molecular weight is 278 g/mol. The van der Waals surface area contributed by atoms with Crippen LogP contribution in [0, 0.1) is 11.8 Å². The van der Waals surface area contributed by atoms with Gasteiger partial charge in [0, 0.05) is 0 Å². The number of hydrogen-bond acceptors (Lipinski definition) is 4. The topological polar surface area (TPSA) is 89.3 Å². The zero-order valence-electron chi connectivity index (χ0n) is 9.97. The van der Waals surface area contributed by atoms with Gasteiger partial charge in [0.2, 0.25) is 5.91 Å². The molecular formula is C10H18N2O3S2. The minimum absolute atomic E-state index is 0.0685. The molecule has 0 aromatic rings. The van der Waals surface area contributed by atoms with Crippen molar-refractivity contribution in [1.82, 2.24) is 5.32 Å². The minimum Gasteiger partial charge on any atom is -0.392 e. The number of amides is 1. The van der Waals surface area contributed by atoms with Crippen molar-refractivity contribution in [3.05, 3.63) is 0 Å². The predicted octanol–water partition coefficient (Wildman–Crippen LogP) is -0.152. The van der Waals surface area contributed by atoms with E-state index < -0.39 is 15.8 Å². The van der Waals surface area contributed by atoms with Gasteiger partial charge in [-0.2, -0.15) is 0 Å². The predicted molar refractivity (Wildman–Crippen MR) is 70.3 cm³/mol. The van der Waals surface area contributed by atoms with E-state index in [2.05, 4.69) is 5.32 Å². The first-order valence-corrected chi connectivity index (χ1v) is 7.76. The Balaban J connectivity index is 2.63. The third-order valence-corrected chi connectivity index (χ3v) is 4.90. The third-order valence-electron chi connectivity index (χ3n) is 2.87. The van der Waals surface area contributed by atoms with Gasteiger partial charge in [-0.15, -0.1) is 0 Å². The molecule has 0 spiro atoms. The van der Waals surface area contributed by atoms with Crippen molar-refractivity contribution < 1.29 is 13.2 Å². The van der Waals surface area contributed by atoms with Gasteiger partial charge in [-0.05, 0) is 12.3 Å². The molecule has 0 aliphatic carbocycles. The second-order valence-corrected chi connectivity index (χ2v) is 7.43. The largest absolute Gasteiger partial charge is 0.392 e. The molecule has 17 heavy (non-hydrogen) atoms. The molecular weight excluding hydrogens is 260 g/mol. The van der Waals surface area contributed by atoms with Crippen molar-refractivity contribution in [3.8, 4) is 0 Å². The summed E-state index contributed by atoms with van der Waals surface area (Å²) in [5.74, 6) is -0.617. The quantitative estimate of drug-likeness (QED) is 0.698. The molecule has 0 aromatic heterocycles. The Morgan fingerprint density at radius 1 is 1.47 bits per heavy atom. The molecule has 1 rings (SSSR count). The number of carbonyl (C=O) groups excluding carboxylic acids is 1. The molecule has 1 fully saturated rings. The Hall–Kier alpha value is -0.690. The van der Waals surface area contributed by atoms with Crippen molar-refractivity contribution in [1.29, 1.82) is 0 Å². The fourth-order valence-electron chi connectivity index (χ4n) is 1.84. The molecule has 3 N–H and O–H groups in total. The number of sulfone groups is 1. The van der Waals surface area contributed by atoms with E-state index in [4.69, 9.17) is 18.0 Å². The zero-order valence-corrected chi connectivity index (χ0v) is 11.6. The van der Waals surface area contributed by atoms with E-state index >= 15 is 0 Å². The van der Waals surface area contributed by atoms with E-state index in [9.17, 15) is 13.2 Å². The second kappa shape index (κ2) is 5.30. The van der Waals surface area contributed by atoms with Gasteiger partial charge in [0.25, 0.3) is 0 Å². The Morgan fingerprint density at radius 3 is 2.41 bits per heavy atom. The number of carbonyl (C=O) groups is 1. The van der Waals surface area contributed by atoms with Crippen molar-refractivity contribution in [3.63, 3.8) is 0 Å². The Bertz CT molecular complexity index is 417. The molecule has 1 heterocycles. The molecule has 98 valence electrons. The minimum atomic E-state index is -3.04. The summed E-state index contributed by atoms with van der Waals surface area (Å²) in [5.41, 5.74) is 5.54. The van der Waals surface area contributed by atoms with Gasteiger partial charge in [-0.3, -0.25) is 4.79 Å². The number of thiocarbonyl (C=S) groups is 1. The van der Waals surface area contributed by atoms with Gasteiger partial charge in [0.05, 0.1) is 28.5 Å². The standard InChI is InChI=1S/C10H18N2O3S2/c1-6(2)8(9(11)16)12-10(13)7-3-4-17(14,15)5-7/h6-8H,3-5H2,1-2H3,(H2,11,16)(H,12,13). The average Bonchev–Trinajstić information content (AvgIpc) is 2.53. The van der Waals surface area contributed by atoms with Crippen LogP contribution >= 0.6 is 12.2 Å². The summed E-state index contributed by atoms with van der Waals surface area (Å²) in [6.07, 6.45) is 0.385. The number of hydrogen-bond donors (Lipinski definition) is 2. The maximum absolute atomic E-state index is 11.9. The van der Waals surface area contributed by atoms with Crippen molar-refractivity contribution in [2.24, 2.45) is 17.6 Å². The highest BCUT2D eigenvalue weighted by molar-refractivity contribution is 7.91. The van der Waals surface area contributed by atoms with E-state index in [1.165, 1.54) is 0 Å². The highest BCUT2D eigenvalue weighted by Gasteiger charge is 2.34. The van der Waals surface area contributed by atoms with E-state index in [0.29, 0.717) is 6.42 Å². The summed E-state index contributed by atoms with van der Waals surface area (Å²) in [5, 5.41) is 2.73. The molecule has 1 amide bonds. The lowest BCUT2D eigenvalue weighted by Gasteiger charge is -2.22. The van der Waals surface area contributed by atoms with Crippen LogP contribution in [-0.4, -0.2) is 36.9 Å². The summed E-state index contributed by atoms with van der Waals surface area (Å²) in [6, 6.07) is -0.374. The molecule has 1 aliphatic heterocycles. The van der Waals surface area contributed by atoms with Gasteiger partial charge in [-0.1, -0.05) is 26.1 Å². The molecule has 0 saturated carbocycles. The monoisotopic (exact) mass is 278 g/mol. The lowest BCUT2D eigenvalue weighted by Crippen LogP contribution is -2.48. The molecule has 5 nitrogen and oxygen atoms in total. The fourth-order valence-corrected chi connectivity index (χ4v) is 3.91. The lowest BCUT2D eigenvalue weighted by atomic mass is 10.0. The van der Waals surface area contributed by atoms with Crippen LogP contribution in [0.5, 0.6) is 0 Å². The van der Waals surface area contributed by atoms with Gasteiger partial charge >= 0.3 is 0 Å². The Kier molecular flexibility index (Phi) is 4.48. The van der Waals surface area contributed by atoms with Crippen LogP contribution in [0.15, 0.2) is 0 Å². The maximum Gasteiger partial charge on any atom is 0.224 e. The third kappa shape index (κ3) is 3.92. The van der Waals surface area contributed by atoms with E-state index in [0.717, 1.165) is 0 Å². The second-order valence-electron chi connectivity index (χ2n) is 4.73. The van der Waals surface area contributed by atoms with Crippen LogP contribution < -0.4 is 11.1 Å². The molecule has 2 atom stereocenters. The Labute approximate surface area is 107 Å². The van der Waals surface area contributed by atoms with E-state index in [1.807, 2.05) is 13.8 Å². The first-order valence-electron chi connectivity index (χ1n) is 5.53. The number of nitrogens with two attached hydrogens (primary N) is 1. The van der Waals surface area contributed by atoms with Crippen LogP contribution in [0.1, 0.15) is 20.3 Å². The zero-order chi connectivity index (χ0) is 13.2. The molecule has 2 unspecified atom stereocenters. The summed E-state index contributed by atoms with van der Waals surface area (Å²) in [7, 11) is -3.04. The van der Waals surface area contributed by atoms with E-state index in [1.54, 1.807) is 0 Å². The maximum atomic E-state index is 11.9. The molecule has 7 heteroatoms. The summed E-state index contributed by atoms with van der Waals surface area (Å²) in [4.78, 5) is 12.1. The van der Waals surface area contributed by atoms with Gasteiger partial charge in [-0.25, -0.2) is 8.42 Å². The van der Waals surface area contributed by atoms with Gasteiger partial charge < -0.3 is 11.1 Å². The molecule has 0 radical (unpaired) electrons. The Morgan fingerprint density at radius 2 is 2.06 bits per heavy atom. The normalized spacial score (nSPS) is 24.5. The first kappa shape index (κ1) is 14.4. The van der Waals surface area contributed by atoms with Crippen LogP contribution in [0.3, 0.4) is 0 Å². The van der Waals surface area contributed by atoms with Crippen molar-refractivity contribution in [2.45, 2.75) is 26.3 Å². The van der Waals surface area contributed by atoms with Crippen LogP contribution in [-0.2, 0) is 14.6 Å². The fraction of sp³-hybridized carbons (Fsp3) is 0.800. The highest BCUT2D eigenvalue weighted by Crippen LogP contribution is 2.19. The number of rotatable bonds is 4. The summed E-state index contributed by atoms with van der Waals surface area (Å²) < 4.78 is 22.5. The molecule has 1 saturated heterocycles. The van der Waals surface area contributed by atoms with Gasteiger partial charge in [0.15, 0.2) is 9.84 Å². The molecule has 1 aliphatic rings. The van der Waals surface area contributed by atoms with Crippen molar-refractivity contribution >= 4 is 33.0 Å². The summed E-state index contributed by atoms with van der Waals surface area (Å²) >= 11 is 4.88. The lowest BCUT2D eigenvalue weighted by molar-refractivity contribution is -0.124. The first-order chi connectivity index (χ1) is 7.73. The van der Waals surface area contributed by atoms with Crippen LogP contribution in [0.2, 0.25) is 0 Å². The van der Waals surface area contributed by atoms with Crippen LogP contribution in [0.4, 0.5) is 0 Å². The summed E-state index contributed by atoms with van der Waals surface area (Å²) in [6.45, 7) is 3.80. The van der Waals surface area contributed by atoms with Gasteiger partial charge in [0.1, 0.15) is 0 Å². The SMILES string of the molecule is CC(C)C(NC(=O)C1CCS(=O)(=O)C1)C(N)=S. The van der Waals surface area contributed by atoms with Crippen LogP contribution in [0.25, 0.3) is 0 Å². The van der Waals surface area contributed by atoms with Crippen molar-refractivity contribution in [2.75, 3.05) is 11.5 Å². The highest BCUT2D eigenvalue weighted by atomic mass is 32.2. The smallest absolute Gasteiger partial charge is 0.224 e. The van der Waals surface area contributed by atoms with E-state index in [-0.39, 0.29) is 34.4 Å². The molecule has 0 bridgehead atoms. The molecule has 0 aromatic carbocycles.